The average Bonchev–Trinajstić information content (AvgIpc) is 2.64. The minimum atomic E-state index is 0.500. The molecule has 0 aliphatic heterocycles. The van der Waals surface area contributed by atoms with Crippen LogP contribution in [0.25, 0.3) is 0 Å². The van der Waals surface area contributed by atoms with Gasteiger partial charge in [0.15, 0.2) is 6.39 Å². The van der Waals surface area contributed by atoms with Gasteiger partial charge < -0.3 is 14.6 Å². The van der Waals surface area contributed by atoms with Crippen LogP contribution in [-0.4, -0.2) is 36.6 Å². The van der Waals surface area contributed by atoms with Crippen molar-refractivity contribution in [2.24, 2.45) is 5.92 Å². The molecule has 92 valence electrons. The fourth-order valence-corrected chi connectivity index (χ4v) is 1.81. The lowest BCUT2D eigenvalue weighted by atomic mass is 10.0. The predicted molar refractivity (Wildman–Crippen MR) is 65.1 cm³/mol. The molecule has 0 saturated heterocycles. The molecule has 1 aromatic rings. The van der Waals surface area contributed by atoms with Gasteiger partial charge in [0.05, 0.1) is 12.7 Å². The first-order chi connectivity index (χ1) is 7.58. The molecule has 1 unspecified atom stereocenters. The van der Waals surface area contributed by atoms with Gasteiger partial charge in [-0.1, -0.05) is 13.8 Å². The maximum absolute atomic E-state index is 5.21. The number of nitrogens with zero attached hydrogens (tertiary/aromatic N) is 2. The standard InChI is InChI=1S/C12H23N3O/c1-10(2)5-11(8-15(3)4)14-7-12-6-13-9-16-12/h6,9-11,14H,5,7-8H2,1-4H3. The highest BCUT2D eigenvalue weighted by molar-refractivity contribution is 4.88. The molecule has 4 heteroatoms. The molecule has 0 radical (unpaired) electrons. The van der Waals surface area contributed by atoms with Crippen LogP contribution in [-0.2, 0) is 6.54 Å². The molecule has 1 atom stereocenters. The van der Waals surface area contributed by atoms with Gasteiger partial charge in [0.2, 0.25) is 0 Å². The van der Waals surface area contributed by atoms with Crippen LogP contribution in [0.1, 0.15) is 26.0 Å². The number of nitrogens with one attached hydrogen (secondary N) is 1. The smallest absolute Gasteiger partial charge is 0.180 e. The first-order valence-electron chi connectivity index (χ1n) is 5.83. The number of hydrogen-bond acceptors (Lipinski definition) is 4. The van der Waals surface area contributed by atoms with Crippen molar-refractivity contribution < 1.29 is 4.42 Å². The van der Waals surface area contributed by atoms with Gasteiger partial charge in [-0.2, -0.15) is 0 Å². The van der Waals surface area contributed by atoms with Crippen molar-refractivity contribution in [2.75, 3.05) is 20.6 Å². The highest BCUT2D eigenvalue weighted by Gasteiger charge is 2.12. The van der Waals surface area contributed by atoms with Crippen LogP contribution in [0.4, 0.5) is 0 Å². The maximum atomic E-state index is 5.21. The zero-order valence-corrected chi connectivity index (χ0v) is 10.7. The van der Waals surface area contributed by atoms with E-state index in [0.717, 1.165) is 18.8 Å². The van der Waals surface area contributed by atoms with Crippen molar-refractivity contribution >= 4 is 0 Å². The van der Waals surface area contributed by atoms with Crippen molar-refractivity contribution in [3.63, 3.8) is 0 Å². The summed E-state index contributed by atoms with van der Waals surface area (Å²) >= 11 is 0. The molecular weight excluding hydrogens is 202 g/mol. The van der Waals surface area contributed by atoms with Crippen LogP contribution >= 0.6 is 0 Å². The molecule has 1 rings (SSSR count). The summed E-state index contributed by atoms with van der Waals surface area (Å²) in [5.41, 5.74) is 0. The van der Waals surface area contributed by atoms with Crippen LogP contribution in [0, 0.1) is 5.92 Å². The molecule has 0 spiro atoms. The zero-order valence-electron chi connectivity index (χ0n) is 10.7. The van der Waals surface area contributed by atoms with E-state index in [2.05, 4.69) is 43.1 Å². The van der Waals surface area contributed by atoms with Crippen molar-refractivity contribution in [3.8, 4) is 0 Å². The zero-order chi connectivity index (χ0) is 12.0. The Labute approximate surface area is 98.0 Å². The Bertz CT molecular complexity index is 260. The monoisotopic (exact) mass is 225 g/mol. The molecule has 1 heterocycles. The minimum Gasteiger partial charge on any atom is -0.447 e. The van der Waals surface area contributed by atoms with E-state index in [1.54, 1.807) is 6.20 Å². The lowest BCUT2D eigenvalue weighted by Crippen LogP contribution is -2.38. The lowest BCUT2D eigenvalue weighted by molar-refractivity contribution is 0.298. The van der Waals surface area contributed by atoms with Crippen LogP contribution in [0.2, 0.25) is 0 Å². The van der Waals surface area contributed by atoms with E-state index in [-0.39, 0.29) is 0 Å². The van der Waals surface area contributed by atoms with Crippen molar-refractivity contribution in [2.45, 2.75) is 32.9 Å². The second-order valence-corrected chi connectivity index (χ2v) is 4.94. The summed E-state index contributed by atoms with van der Waals surface area (Å²) < 4.78 is 5.21. The van der Waals surface area contributed by atoms with E-state index in [1.165, 1.54) is 12.8 Å². The molecular formula is C12H23N3O. The Morgan fingerprint density at radius 2 is 2.19 bits per heavy atom. The van der Waals surface area contributed by atoms with Crippen LogP contribution in [0.15, 0.2) is 17.0 Å². The van der Waals surface area contributed by atoms with Crippen molar-refractivity contribution in [3.05, 3.63) is 18.4 Å². The summed E-state index contributed by atoms with van der Waals surface area (Å²) in [6, 6.07) is 0.500. The average molecular weight is 225 g/mol. The first kappa shape index (κ1) is 13.2. The lowest BCUT2D eigenvalue weighted by Gasteiger charge is -2.23. The summed E-state index contributed by atoms with van der Waals surface area (Å²) in [4.78, 5) is 6.11. The van der Waals surface area contributed by atoms with E-state index in [1.807, 2.05) is 0 Å². The number of rotatable bonds is 7. The molecule has 1 N–H and O–H groups in total. The van der Waals surface area contributed by atoms with E-state index >= 15 is 0 Å². The van der Waals surface area contributed by atoms with Gasteiger partial charge in [0, 0.05) is 12.6 Å². The largest absolute Gasteiger partial charge is 0.447 e. The Kier molecular flexibility index (Phi) is 5.49. The molecule has 0 amide bonds. The quantitative estimate of drug-likeness (QED) is 0.767. The van der Waals surface area contributed by atoms with Crippen LogP contribution in [0.3, 0.4) is 0 Å². The molecule has 1 aromatic heterocycles. The molecule has 0 aliphatic rings. The Balaban J connectivity index is 2.37. The topological polar surface area (TPSA) is 41.3 Å². The second kappa shape index (κ2) is 6.66. The molecule has 0 saturated carbocycles. The summed E-state index contributed by atoms with van der Waals surface area (Å²) in [7, 11) is 4.20. The van der Waals surface area contributed by atoms with Crippen LogP contribution in [0.5, 0.6) is 0 Å². The van der Waals surface area contributed by atoms with Crippen LogP contribution < -0.4 is 5.32 Å². The molecule has 0 bridgehead atoms. The van der Waals surface area contributed by atoms with Gasteiger partial charge in [0.1, 0.15) is 5.76 Å². The third-order valence-electron chi connectivity index (χ3n) is 2.39. The molecule has 0 aromatic carbocycles. The van der Waals surface area contributed by atoms with E-state index in [4.69, 9.17) is 4.42 Å². The van der Waals surface area contributed by atoms with Crippen molar-refractivity contribution in [1.82, 2.24) is 15.2 Å². The van der Waals surface area contributed by atoms with Gasteiger partial charge in [-0.25, -0.2) is 4.98 Å². The Morgan fingerprint density at radius 1 is 1.44 bits per heavy atom. The minimum absolute atomic E-state index is 0.500. The Hall–Kier alpha value is -0.870. The fraction of sp³-hybridized carbons (Fsp3) is 0.750. The fourth-order valence-electron chi connectivity index (χ4n) is 1.81. The normalized spacial score (nSPS) is 13.6. The summed E-state index contributed by atoms with van der Waals surface area (Å²) in [5.74, 6) is 1.60. The van der Waals surface area contributed by atoms with Gasteiger partial charge >= 0.3 is 0 Å². The van der Waals surface area contributed by atoms with Gasteiger partial charge in [0.25, 0.3) is 0 Å². The summed E-state index contributed by atoms with van der Waals surface area (Å²) in [6.07, 6.45) is 4.40. The number of likely N-dealkylation sites (N-methyl/N-ethyl adjacent to an activating group) is 1. The second-order valence-electron chi connectivity index (χ2n) is 4.94. The third kappa shape index (κ3) is 5.28. The van der Waals surface area contributed by atoms with E-state index < -0.39 is 0 Å². The molecule has 0 aliphatic carbocycles. The van der Waals surface area contributed by atoms with E-state index in [0.29, 0.717) is 12.0 Å². The third-order valence-corrected chi connectivity index (χ3v) is 2.39. The molecule has 0 fully saturated rings. The number of hydrogen-bond donors (Lipinski definition) is 1. The SMILES string of the molecule is CC(C)CC(CN(C)C)NCc1cnco1. The predicted octanol–water partition coefficient (Wildman–Crippen LogP) is 1.74. The highest BCUT2D eigenvalue weighted by atomic mass is 16.3. The first-order valence-corrected chi connectivity index (χ1v) is 5.83. The maximum Gasteiger partial charge on any atom is 0.180 e. The van der Waals surface area contributed by atoms with Gasteiger partial charge in [-0.3, -0.25) is 0 Å². The van der Waals surface area contributed by atoms with Crippen molar-refractivity contribution in [1.29, 1.82) is 0 Å². The molecule has 4 nitrogen and oxygen atoms in total. The number of oxazole rings is 1. The van der Waals surface area contributed by atoms with Gasteiger partial charge in [-0.15, -0.1) is 0 Å². The van der Waals surface area contributed by atoms with E-state index in [9.17, 15) is 0 Å². The summed E-state index contributed by atoms with van der Waals surface area (Å²) in [5, 5.41) is 3.51. The summed E-state index contributed by atoms with van der Waals surface area (Å²) in [6.45, 7) is 6.30. The molecule has 16 heavy (non-hydrogen) atoms. The highest BCUT2D eigenvalue weighted by Crippen LogP contribution is 2.07. The Morgan fingerprint density at radius 3 is 2.69 bits per heavy atom. The number of aromatic nitrogens is 1. The van der Waals surface area contributed by atoms with Gasteiger partial charge in [-0.05, 0) is 26.4 Å².